The second kappa shape index (κ2) is 11.1. The third-order valence-corrected chi connectivity index (χ3v) is 6.27. The Kier molecular flexibility index (Phi) is 7.25. The van der Waals surface area contributed by atoms with Gasteiger partial charge in [0, 0.05) is 31.1 Å². The number of ether oxygens (including phenoxy) is 1. The van der Waals surface area contributed by atoms with Crippen molar-refractivity contribution in [1.82, 2.24) is 4.90 Å². The number of hydrogen-bond donors (Lipinski definition) is 0. The standard InChI is InChI=1S/C32H29NO3/c1-33(23-24-11-5-2-6-12-24)20-19-30(25-13-7-3-8-14-25)35-27-17-18-31-28(21-27)29(34)22-32(36-31)26-15-9-4-10-16-26/h2-18,21-22,30H,19-20,23H2,1H3. The predicted molar refractivity (Wildman–Crippen MR) is 145 cm³/mol. The summed E-state index contributed by atoms with van der Waals surface area (Å²) < 4.78 is 12.5. The van der Waals surface area contributed by atoms with Gasteiger partial charge < -0.3 is 14.1 Å². The van der Waals surface area contributed by atoms with Crippen molar-refractivity contribution in [3.63, 3.8) is 0 Å². The molecule has 0 N–H and O–H groups in total. The first-order valence-corrected chi connectivity index (χ1v) is 12.2. The summed E-state index contributed by atoms with van der Waals surface area (Å²) in [5.74, 6) is 1.22. The zero-order chi connectivity index (χ0) is 24.7. The molecule has 0 aliphatic heterocycles. The average Bonchev–Trinajstić information content (AvgIpc) is 2.92. The van der Waals surface area contributed by atoms with E-state index in [1.807, 2.05) is 66.7 Å². The maximum absolute atomic E-state index is 12.9. The Labute approximate surface area is 211 Å². The van der Waals surface area contributed by atoms with Crippen molar-refractivity contribution >= 4 is 11.0 Å². The van der Waals surface area contributed by atoms with Gasteiger partial charge in [0.2, 0.25) is 0 Å². The maximum Gasteiger partial charge on any atom is 0.193 e. The number of benzene rings is 4. The van der Waals surface area contributed by atoms with E-state index in [0.717, 1.165) is 30.6 Å². The van der Waals surface area contributed by atoms with E-state index in [4.69, 9.17) is 9.15 Å². The minimum Gasteiger partial charge on any atom is -0.486 e. The fourth-order valence-electron chi connectivity index (χ4n) is 4.39. The normalized spacial score (nSPS) is 12.1. The minimum absolute atomic E-state index is 0.0839. The third kappa shape index (κ3) is 5.73. The SMILES string of the molecule is CN(CCC(Oc1ccc2oc(-c3ccccc3)cc(=O)c2c1)c1ccccc1)Cc1ccccc1. The molecule has 0 aliphatic rings. The molecular formula is C32H29NO3. The van der Waals surface area contributed by atoms with Crippen LogP contribution in [-0.2, 0) is 6.54 Å². The zero-order valence-corrected chi connectivity index (χ0v) is 20.3. The molecule has 180 valence electrons. The molecule has 0 radical (unpaired) electrons. The highest BCUT2D eigenvalue weighted by Gasteiger charge is 2.16. The fourth-order valence-corrected chi connectivity index (χ4v) is 4.39. The second-order valence-electron chi connectivity index (χ2n) is 9.03. The van der Waals surface area contributed by atoms with Gasteiger partial charge in [-0.2, -0.15) is 0 Å². The Morgan fingerprint density at radius 1 is 0.806 bits per heavy atom. The molecule has 0 bridgehead atoms. The summed E-state index contributed by atoms with van der Waals surface area (Å²) in [5.41, 5.74) is 3.73. The van der Waals surface area contributed by atoms with Crippen LogP contribution < -0.4 is 10.2 Å². The first kappa shape index (κ1) is 23.6. The molecule has 0 saturated heterocycles. The van der Waals surface area contributed by atoms with Crippen LogP contribution in [0.4, 0.5) is 0 Å². The molecule has 5 aromatic rings. The van der Waals surface area contributed by atoms with E-state index in [1.165, 1.54) is 5.56 Å². The molecule has 0 fully saturated rings. The summed E-state index contributed by atoms with van der Waals surface area (Å²) in [6.45, 7) is 1.74. The van der Waals surface area contributed by atoms with Gasteiger partial charge in [-0.15, -0.1) is 0 Å². The van der Waals surface area contributed by atoms with E-state index in [0.29, 0.717) is 22.5 Å². The molecule has 1 heterocycles. The molecule has 5 rings (SSSR count). The van der Waals surface area contributed by atoms with Crippen LogP contribution >= 0.6 is 0 Å². The van der Waals surface area contributed by atoms with Gasteiger partial charge in [0.15, 0.2) is 5.43 Å². The van der Waals surface area contributed by atoms with Crippen LogP contribution in [0.1, 0.15) is 23.7 Å². The molecule has 0 amide bonds. The summed E-state index contributed by atoms with van der Waals surface area (Å²) in [6.07, 6.45) is 0.671. The van der Waals surface area contributed by atoms with E-state index in [1.54, 1.807) is 12.1 Å². The van der Waals surface area contributed by atoms with Crippen LogP contribution in [0, 0.1) is 0 Å². The van der Waals surface area contributed by atoms with Crippen LogP contribution in [0.2, 0.25) is 0 Å². The lowest BCUT2D eigenvalue weighted by molar-refractivity contribution is 0.171. The molecule has 4 heteroatoms. The summed E-state index contributed by atoms with van der Waals surface area (Å²) in [6, 6.07) is 37.4. The van der Waals surface area contributed by atoms with Gasteiger partial charge in [0.05, 0.1) is 5.39 Å². The summed E-state index contributed by atoms with van der Waals surface area (Å²) in [7, 11) is 2.13. The van der Waals surface area contributed by atoms with E-state index in [2.05, 4.69) is 48.3 Å². The van der Waals surface area contributed by atoms with Crippen molar-refractivity contribution < 1.29 is 9.15 Å². The number of fused-ring (bicyclic) bond motifs is 1. The van der Waals surface area contributed by atoms with Crippen molar-refractivity contribution in [2.45, 2.75) is 19.1 Å². The molecule has 4 nitrogen and oxygen atoms in total. The lowest BCUT2D eigenvalue weighted by atomic mass is 10.1. The molecule has 1 atom stereocenters. The third-order valence-electron chi connectivity index (χ3n) is 6.27. The number of hydrogen-bond acceptors (Lipinski definition) is 4. The molecule has 0 spiro atoms. The van der Waals surface area contributed by atoms with Crippen LogP contribution in [-0.4, -0.2) is 18.5 Å². The first-order chi connectivity index (χ1) is 17.7. The Morgan fingerprint density at radius 3 is 2.19 bits per heavy atom. The summed E-state index contributed by atoms with van der Waals surface area (Å²) in [4.78, 5) is 15.2. The molecule has 1 aromatic heterocycles. The van der Waals surface area contributed by atoms with Gasteiger partial charge in [-0.05, 0) is 36.4 Å². The van der Waals surface area contributed by atoms with Gasteiger partial charge in [0.25, 0.3) is 0 Å². The molecule has 0 aliphatic carbocycles. The number of nitrogens with zero attached hydrogens (tertiary/aromatic N) is 1. The van der Waals surface area contributed by atoms with Crippen molar-refractivity contribution in [2.75, 3.05) is 13.6 Å². The smallest absolute Gasteiger partial charge is 0.193 e. The van der Waals surface area contributed by atoms with Crippen LogP contribution in [0.25, 0.3) is 22.3 Å². The Balaban J connectivity index is 1.36. The Morgan fingerprint density at radius 2 is 1.47 bits per heavy atom. The van der Waals surface area contributed by atoms with E-state index < -0.39 is 0 Å². The highest BCUT2D eigenvalue weighted by Crippen LogP contribution is 2.29. The zero-order valence-electron chi connectivity index (χ0n) is 20.3. The monoisotopic (exact) mass is 475 g/mol. The Hall–Kier alpha value is -4.15. The van der Waals surface area contributed by atoms with Gasteiger partial charge in [-0.1, -0.05) is 91.0 Å². The minimum atomic E-state index is -0.141. The summed E-state index contributed by atoms with van der Waals surface area (Å²) >= 11 is 0. The number of rotatable bonds is 9. The van der Waals surface area contributed by atoms with Gasteiger partial charge in [0.1, 0.15) is 23.2 Å². The predicted octanol–water partition coefficient (Wildman–Crippen LogP) is 7.10. The first-order valence-electron chi connectivity index (χ1n) is 12.2. The van der Waals surface area contributed by atoms with E-state index >= 15 is 0 Å². The lowest BCUT2D eigenvalue weighted by Gasteiger charge is -2.23. The van der Waals surface area contributed by atoms with E-state index in [9.17, 15) is 4.79 Å². The molecule has 36 heavy (non-hydrogen) atoms. The fraction of sp³-hybridized carbons (Fsp3) is 0.156. The average molecular weight is 476 g/mol. The lowest BCUT2D eigenvalue weighted by Crippen LogP contribution is -2.22. The van der Waals surface area contributed by atoms with Crippen LogP contribution in [0.3, 0.4) is 0 Å². The molecule has 0 saturated carbocycles. The maximum atomic E-state index is 12.9. The van der Waals surface area contributed by atoms with Crippen molar-refractivity contribution in [3.8, 4) is 17.1 Å². The van der Waals surface area contributed by atoms with Crippen LogP contribution in [0.5, 0.6) is 5.75 Å². The summed E-state index contributed by atoms with van der Waals surface area (Å²) in [5, 5.41) is 0.514. The molecule has 4 aromatic carbocycles. The highest BCUT2D eigenvalue weighted by molar-refractivity contribution is 5.80. The topological polar surface area (TPSA) is 42.7 Å². The van der Waals surface area contributed by atoms with Gasteiger partial charge in [-0.3, -0.25) is 4.79 Å². The largest absolute Gasteiger partial charge is 0.486 e. The second-order valence-corrected chi connectivity index (χ2v) is 9.03. The quantitative estimate of drug-likeness (QED) is 0.228. The Bertz CT molecular complexity index is 1460. The van der Waals surface area contributed by atoms with Crippen LogP contribution in [0.15, 0.2) is 124 Å². The highest BCUT2D eigenvalue weighted by atomic mass is 16.5. The van der Waals surface area contributed by atoms with E-state index in [-0.39, 0.29) is 11.5 Å². The van der Waals surface area contributed by atoms with Crippen molar-refractivity contribution in [2.24, 2.45) is 0 Å². The molecular weight excluding hydrogens is 446 g/mol. The van der Waals surface area contributed by atoms with Crippen molar-refractivity contribution in [1.29, 1.82) is 0 Å². The van der Waals surface area contributed by atoms with Gasteiger partial charge >= 0.3 is 0 Å². The molecule has 1 unspecified atom stereocenters. The van der Waals surface area contributed by atoms with Crippen molar-refractivity contribution in [3.05, 3.63) is 137 Å². The van der Waals surface area contributed by atoms with Gasteiger partial charge in [-0.25, -0.2) is 0 Å².